The first-order chi connectivity index (χ1) is 18.2. The summed E-state index contributed by atoms with van der Waals surface area (Å²) in [5.74, 6) is 2.57. The first-order valence-electron chi connectivity index (χ1n) is 11.8. The van der Waals surface area contributed by atoms with E-state index in [-0.39, 0.29) is 5.75 Å². The van der Waals surface area contributed by atoms with E-state index in [1.807, 2.05) is 59.2 Å². The van der Waals surface area contributed by atoms with E-state index in [1.54, 1.807) is 12.1 Å². The number of furan rings is 1. The molecule has 0 saturated heterocycles. The van der Waals surface area contributed by atoms with E-state index in [1.165, 1.54) is 12.3 Å². The number of aromatic nitrogens is 5. The Morgan fingerprint density at radius 2 is 1.62 bits per heavy atom. The van der Waals surface area contributed by atoms with Crippen molar-refractivity contribution in [1.82, 2.24) is 23.9 Å². The quantitative estimate of drug-likeness (QED) is 0.304. The van der Waals surface area contributed by atoms with Crippen molar-refractivity contribution in [3.05, 3.63) is 97.2 Å². The molecule has 3 aromatic carbocycles. The first-order valence-corrected chi connectivity index (χ1v) is 11.8. The number of hydrogen-bond donors (Lipinski definition) is 1. The van der Waals surface area contributed by atoms with Crippen molar-refractivity contribution in [1.29, 1.82) is 0 Å². The third-order valence-electron chi connectivity index (χ3n) is 6.59. The number of ether oxygens (including phenoxy) is 1. The smallest absolute Gasteiger partial charge is 0.231 e. The van der Waals surface area contributed by atoms with Gasteiger partial charge in [-0.15, -0.1) is 0 Å². The van der Waals surface area contributed by atoms with Gasteiger partial charge in [0.05, 0.1) is 27.5 Å². The molecule has 1 N–H and O–H groups in total. The lowest BCUT2D eigenvalue weighted by molar-refractivity contribution is 0.463. The van der Waals surface area contributed by atoms with Gasteiger partial charge < -0.3 is 14.3 Å². The van der Waals surface area contributed by atoms with E-state index >= 15 is 0 Å². The van der Waals surface area contributed by atoms with Crippen molar-refractivity contribution in [3.63, 3.8) is 0 Å². The van der Waals surface area contributed by atoms with Crippen LogP contribution in [0, 0.1) is 0 Å². The van der Waals surface area contributed by atoms with E-state index in [0.717, 1.165) is 33.2 Å². The second kappa shape index (κ2) is 7.32. The van der Waals surface area contributed by atoms with Crippen molar-refractivity contribution < 1.29 is 14.3 Å². The van der Waals surface area contributed by atoms with Gasteiger partial charge in [-0.1, -0.05) is 30.3 Å². The molecule has 8 nitrogen and oxygen atoms in total. The van der Waals surface area contributed by atoms with E-state index in [0.29, 0.717) is 34.1 Å². The molecule has 0 aliphatic heterocycles. The molecule has 8 aromatic rings. The van der Waals surface area contributed by atoms with Gasteiger partial charge in [0.15, 0.2) is 0 Å². The van der Waals surface area contributed by atoms with Crippen LogP contribution in [0.1, 0.15) is 0 Å². The SMILES string of the molecule is Oc1ccnc2oc3ccc(Oc4cccc(-n5c6ccccc6n6c7ccccc7nc56)n4)cc3c12. The maximum absolute atomic E-state index is 10.3. The molecule has 0 aliphatic rings. The number of aromatic hydroxyl groups is 1. The second-order valence-corrected chi connectivity index (χ2v) is 8.77. The number of nitrogens with zero attached hydrogens (tertiary/aromatic N) is 5. The Balaban J connectivity index is 1.27. The number of rotatable bonds is 3. The van der Waals surface area contributed by atoms with Crippen LogP contribution < -0.4 is 4.74 Å². The van der Waals surface area contributed by atoms with Gasteiger partial charge in [-0.05, 0) is 54.6 Å². The molecule has 0 unspecified atom stereocenters. The first kappa shape index (κ1) is 19.9. The lowest BCUT2D eigenvalue weighted by Crippen LogP contribution is -1.99. The van der Waals surface area contributed by atoms with Crippen LogP contribution in [0.4, 0.5) is 0 Å². The van der Waals surface area contributed by atoms with Crippen LogP contribution in [0.3, 0.4) is 0 Å². The van der Waals surface area contributed by atoms with Gasteiger partial charge in [-0.25, -0.2) is 9.97 Å². The zero-order chi connectivity index (χ0) is 24.5. The zero-order valence-electron chi connectivity index (χ0n) is 19.2. The molecule has 5 aromatic heterocycles. The number of fused-ring (bicyclic) bond motifs is 8. The lowest BCUT2D eigenvalue weighted by atomic mass is 10.2. The van der Waals surface area contributed by atoms with Gasteiger partial charge in [-0.2, -0.15) is 4.98 Å². The molecule has 37 heavy (non-hydrogen) atoms. The minimum Gasteiger partial charge on any atom is -0.507 e. The highest BCUT2D eigenvalue weighted by molar-refractivity contribution is 6.07. The Morgan fingerprint density at radius 3 is 2.54 bits per heavy atom. The molecule has 5 heterocycles. The number of para-hydroxylation sites is 4. The largest absolute Gasteiger partial charge is 0.507 e. The highest BCUT2D eigenvalue weighted by Crippen LogP contribution is 2.36. The predicted molar refractivity (Wildman–Crippen MR) is 141 cm³/mol. The summed E-state index contributed by atoms with van der Waals surface area (Å²) in [7, 11) is 0. The Kier molecular flexibility index (Phi) is 3.93. The van der Waals surface area contributed by atoms with E-state index in [2.05, 4.69) is 27.6 Å². The normalized spacial score (nSPS) is 11.9. The lowest BCUT2D eigenvalue weighted by Gasteiger charge is -2.08. The van der Waals surface area contributed by atoms with Crippen molar-refractivity contribution in [2.24, 2.45) is 0 Å². The maximum atomic E-state index is 10.3. The Hall–Kier alpha value is -5.37. The van der Waals surface area contributed by atoms with Gasteiger partial charge in [0.25, 0.3) is 0 Å². The van der Waals surface area contributed by atoms with Crippen LogP contribution in [-0.4, -0.2) is 29.0 Å². The fourth-order valence-corrected chi connectivity index (χ4v) is 5.01. The van der Waals surface area contributed by atoms with Crippen LogP contribution in [0.25, 0.3) is 55.7 Å². The van der Waals surface area contributed by atoms with Crippen LogP contribution in [-0.2, 0) is 0 Å². The van der Waals surface area contributed by atoms with E-state index in [9.17, 15) is 5.11 Å². The van der Waals surface area contributed by atoms with E-state index in [4.69, 9.17) is 19.1 Å². The topological polar surface area (TPSA) is 90.6 Å². The van der Waals surface area contributed by atoms with Crippen LogP contribution in [0.2, 0.25) is 0 Å². The molecule has 0 spiro atoms. The molecule has 0 fully saturated rings. The van der Waals surface area contributed by atoms with Crippen molar-refractivity contribution >= 4 is 49.9 Å². The van der Waals surface area contributed by atoms with Crippen LogP contribution in [0.15, 0.2) is 102 Å². The van der Waals surface area contributed by atoms with Gasteiger partial charge >= 0.3 is 0 Å². The Morgan fingerprint density at radius 1 is 0.784 bits per heavy atom. The third-order valence-corrected chi connectivity index (χ3v) is 6.59. The van der Waals surface area contributed by atoms with Gasteiger partial charge in [0.1, 0.15) is 22.9 Å². The fourth-order valence-electron chi connectivity index (χ4n) is 5.01. The summed E-state index contributed by atoms with van der Waals surface area (Å²) in [6, 6.07) is 28.9. The van der Waals surface area contributed by atoms with Crippen LogP contribution >= 0.6 is 0 Å². The molecule has 0 atom stereocenters. The monoisotopic (exact) mass is 483 g/mol. The van der Waals surface area contributed by atoms with Gasteiger partial charge in [0.2, 0.25) is 17.4 Å². The fraction of sp³-hybridized carbons (Fsp3) is 0. The average molecular weight is 483 g/mol. The summed E-state index contributed by atoms with van der Waals surface area (Å²) in [6.45, 7) is 0. The van der Waals surface area contributed by atoms with E-state index < -0.39 is 0 Å². The molecule has 176 valence electrons. The number of benzene rings is 3. The Bertz CT molecular complexity index is 2150. The molecule has 8 heteroatoms. The van der Waals surface area contributed by atoms with Crippen molar-refractivity contribution in [2.75, 3.05) is 0 Å². The van der Waals surface area contributed by atoms with Gasteiger partial charge in [0, 0.05) is 17.6 Å². The second-order valence-electron chi connectivity index (χ2n) is 8.77. The summed E-state index contributed by atoms with van der Waals surface area (Å²) in [4.78, 5) is 14.0. The molecule has 0 amide bonds. The number of imidazole rings is 2. The Labute approximate surface area is 208 Å². The minimum atomic E-state index is 0.108. The number of pyridine rings is 2. The molecular formula is C29H17N5O3. The predicted octanol–water partition coefficient (Wildman–Crippen LogP) is 6.62. The standard InChI is InChI=1S/C29H17N5O3/c35-23-14-15-30-28-27(23)18-16-17(12-13-24(18)37-28)36-26-11-5-10-25(32-26)34-22-9-4-3-8-21(22)33-20-7-2-1-6-19(20)31-29(33)34/h1-16H,(H,30,35). The molecule has 8 rings (SSSR count). The molecule has 0 saturated carbocycles. The zero-order valence-corrected chi connectivity index (χ0v) is 19.2. The van der Waals surface area contributed by atoms with Gasteiger partial charge in [-0.3, -0.25) is 8.97 Å². The summed E-state index contributed by atoms with van der Waals surface area (Å²) in [5, 5.41) is 11.6. The molecule has 0 aliphatic carbocycles. The molecule has 0 radical (unpaired) electrons. The highest BCUT2D eigenvalue weighted by atomic mass is 16.5. The highest BCUT2D eigenvalue weighted by Gasteiger charge is 2.18. The number of hydrogen-bond acceptors (Lipinski definition) is 6. The van der Waals surface area contributed by atoms with Crippen LogP contribution in [0.5, 0.6) is 17.4 Å². The molecule has 0 bridgehead atoms. The maximum Gasteiger partial charge on any atom is 0.231 e. The summed E-state index contributed by atoms with van der Waals surface area (Å²) in [5.41, 5.74) is 4.99. The average Bonchev–Trinajstić information content (AvgIpc) is 3.57. The third kappa shape index (κ3) is 2.86. The summed E-state index contributed by atoms with van der Waals surface area (Å²) < 4.78 is 16.1. The summed E-state index contributed by atoms with van der Waals surface area (Å²) >= 11 is 0. The van der Waals surface area contributed by atoms with Crippen molar-refractivity contribution in [2.45, 2.75) is 0 Å². The van der Waals surface area contributed by atoms with Crippen molar-refractivity contribution in [3.8, 4) is 23.2 Å². The summed E-state index contributed by atoms with van der Waals surface area (Å²) in [6.07, 6.45) is 1.51. The minimum absolute atomic E-state index is 0.108. The molecular weight excluding hydrogens is 466 g/mol.